The van der Waals surface area contributed by atoms with E-state index in [0.717, 1.165) is 44.9 Å². The van der Waals surface area contributed by atoms with E-state index in [-0.39, 0.29) is 17.7 Å². The fourth-order valence-electron chi connectivity index (χ4n) is 3.47. The maximum Gasteiger partial charge on any atom is 0.228 e. The Hall–Kier alpha value is -1.99. The van der Waals surface area contributed by atoms with Gasteiger partial charge in [0.05, 0.1) is 12.5 Å². The highest BCUT2D eigenvalue weighted by atomic mass is 16.5. The Kier molecular flexibility index (Phi) is 5.99. The maximum atomic E-state index is 12.8. The van der Waals surface area contributed by atoms with Crippen molar-refractivity contribution in [3.8, 4) is 0 Å². The van der Waals surface area contributed by atoms with Crippen molar-refractivity contribution >= 4 is 11.8 Å². The Labute approximate surface area is 148 Å². The Morgan fingerprint density at radius 1 is 1.24 bits per heavy atom. The van der Waals surface area contributed by atoms with Crippen LogP contribution in [-0.4, -0.2) is 84.5 Å². The van der Waals surface area contributed by atoms with Gasteiger partial charge in [-0.05, 0) is 17.7 Å². The molecule has 2 aliphatic rings. The molecule has 2 aliphatic heterocycles. The van der Waals surface area contributed by atoms with Crippen molar-refractivity contribution in [3.63, 3.8) is 0 Å². The van der Waals surface area contributed by atoms with Gasteiger partial charge in [-0.25, -0.2) is 0 Å². The zero-order chi connectivity index (χ0) is 17.6. The minimum Gasteiger partial charge on any atom is -0.383 e. The molecule has 0 spiro atoms. The van der Waals surface area contributed by atoms with Crippen LogP contribution in [0.25, 0.3) is 0 Å². The number of carbonyl (C=O) groups excluding carboxylic acids is 2. The van der Waals surface area contributed by atoms with Crippen LogP contribution >= 0.6 is 0 Å². The molecule has 25 heavy (non-hydrogen) atoms. The van der Waals surface area contributed by atoms with E-state index in [2.05, 4.69) is 9.88 Å². The zero-order valence-corrected chi connectivity index (χ0v) is 14.8. The number of ether oxygens (including phenoxy) is 1. The van der Waals surface area contributed by atoms with Crippen molar-refractivity contribution in [2.45, 2.75) is 13.0 Å². The second kappa shape index (κ2) is 8.40. The van der Waals surface area contributed by atoms with E-state index in [1.54, 1.807) is 24.4 Å². The maximum absolute atomic E-state index is 12.8. The second-order valence-electron chi connectivity index (χ2n) is 6.69. The van der Waals surface area contributed by atoms with E-state index in [1.165, 1.54) is 0 Å². The standard InChI is InChI=1S/C18H26N4O3/c1-25-11-10-20-6-8-21(9-7-20)18(24)16-12-17(23)22(14-16)13-15-2-4-19-5-3-15/h2-5,16H,6-14H2,1H3. The summed E-state index contributed by atoms with van der Waals surface area (Å²) >= 11 is 0. The van der Waals surface area contributed by atoms with Gasteiger partial charge >= 0.3 is 0 Å². The summed E-state index contributed by atoms with van der Waals surface area (Å²) in [6.45, 7) is 5.90. The number of methoxy groups -OCH3 is 1. The summed E-state index contributed by atoms with van der Waals surface area (Å²) in [4.78, 5) is 35.0. The van der Waals surface area contributed by atoms with Crippen LogP contribution in [-0.2, 0) is 20.9 Å². The molecule has 0 N–H and O–H groups in total. The summed E-state index contributed by atoms with van der Waals surface area (Å²) in [7, 11) is 1.70. The molecule has 0 bridgehead atoms. The normalized spacial score (nSPS) is 21.8. The number of nitrogens with zero attached hydrogens (tertiary/aromatic N) is 4. The SMILES string of the molecule is COCCN1CCN(C(=O)C2CC(=O)N(Cc3ccncc3)C2)CC1. The summed E-state index contributed by atoms with van der Waals surface area (Å²) in [6.07, 6.45) is 3.77. The lowest BCUT2D eigenvalue weighted by Crippen LogP contribution is -2.51. The largest absolute Gasteiger partial charge is 0.383 e. The molecule has 7 nitrogen and oxygen atoms in total. The first kappa shape index (κ1) is 17.8. The van der Waals surface area contributed by atoms with Gasteiger partial charge in [0.15, 0.2) is 0 Å². The molecular weight excluding hydrogens is 320 g/mol. The average molecular weight is 346 g/mol. The van der Waals surface area contributed by atoms with Crippen LogP contribution in [0.1, 0.15) is 12.0 Å². The second-order valence-corrected chi connectivity index (χ2v) is 6.69. The van der Waals surface area contributed by atoms with Gasteiger partial charge in [0.25, 0.3) is 0 Å². The fraction of sp³-hybridized carbons (Fsp3) is 0.611. The highest BCUT2D eigenvalue weighted by Crippen LogP contribution is 2.22. The van der Waals surface area contributed by atoms with E-state index in [1.807, 2.05) is 17.0 Å². The smallest absolute Gasteiger partial charge is 0.228 e. The van der Waals surface area contributed by atoms with Crippen molar-refractivity contribution in [3.05, 3.63) is 30.1 Å². The molecule has 0 aromatic carbocycles. The van der Waals surface area contributed by atoms with Crippen molar-refractivity contribution < 1.29 is 14.3 Å². The van der Waals surface area contributed by atoms with E-state index in [4.69, 9.17) is 4.74 Å². The molecule has 2 saturated heterocycles. The number of hydrogen-bond donors (Lipinski definition) is 0. The summed E-state index contributed by atoms with van der Waals surface area (Å²) in [5, 5.41) is 0. The number of carbonyl (C=O) groups is 2. The van der Waals surface area contributed by atoms with Crippen LogP contribution in [0.4, 0.5) is 0 Å². The molecule has 0 aliphatic carbocycles. The van der Waals surface area contributed by atoms with Gasteiger partial charge in [-0.15, -0.1) is 0 Å². The van der Waals surface area contributed by atoms with Gasteiger partial charge in [-0.2, -0.15) is 0 Å². The van der Waals surface area contributed by atoms with Gasteiger partial charge in [0, 0.05) is 71.7 Å². The van der Waals surface area contributed by atoms with Crippen molar-refractivity contribution in [1.29, 1.82) is 0 Å². The first-order valence-electron chi connectivity index (χ1n) is 8.84. The number of aromatic nitrogens is 1. The van der Waals surface area contributed by atoms with Crippen molar-refractivity contribution in [2.24, 2.45) is 5.92 Å². The highest BCUT2D eigenvalue weighted by molar-refractivity contribution is 5.89. The predicted molar refractivity (Wildman–Crippen MR) is 92.7 cm³/mol. The third kappa shape index (κ3) is 4.55. The third-order valence-corrected chi connectivity index (χ3v) is 4.98. The molecule has 0 saturated carbocycles. The summed E-state index contributed by atoms with van der Waals surface area (Å²) in [5.74, 6) is -0.0225. The first-order valence-corrected chi connectivity index (χ1v) is 8.84. The van der Waals surface area contributed by atoms with Crippen LogP contribution in [0.5, 0.6) is 0 Å². The van der Waals surface area contributed by atoms with Gasteiger partial charge in [-0.3, -0.25) is 19.5 Å². The molecule has 0 radical (unpaired) electrons. The number of pyridine rings is 1. The van der Waals surface area contributed by atoms with Crippen LogP contribution in [0.15, 0.2) is 24.5 Å². The van der Waals surface area contributed by atoms with Crippen LogP contribution in [0.3, 0.4) is 0 Å². The van der Waals surface area contributed by atoms with Crippen molar-refractivity contribution in [2.75, 3.05) is 53.0 Å². The third-order valence-electron chi connectivity index (χ3n) is 4.98. The minimum absolute atomic E-state index is 0.0638. The van der Waals surface area contributed by atoms with Crippen LogP contribution in [0, 0.1) is 5.92 Å². The Morgan fingerprint density at radius 3 is 2.64 bits per heavy atom. The number of likely N-dealkylation sites (tertiary alicyclic amines) is 1. The van der Waals surface area contributed by atoms with Gasteiger partial charge in [0.2, 0.25) is 11.8 Å². The topological polar surface area (TPSA) is 66.0 Å². The van der Waals surface area contributed by atoms with E-state index >= 15 is 0 Å². The molecule has 1 aromatic rings. The number of hydrogen-bond acceptors (Lipinski definition) is 5. The van der Waals surface area contributed by atoms with E-state index in [0.29, 0.717) is 19.5 Å². The molecule has 3 rings (SSSR count). The molecule has 1 atom stereocenters. The molecule has 136 valence electrons. The van der Waals surface area contributed by atoms with Crippen LogP contribution < -0.4 is 0 Å². The number of rotatable bonds is 6. The fourth-order valence-corrected chi connectivity index (χ4v) is 3.47. The van der Waals surface area contributed by atoms with Gasteiger partial charge < -0.3 is 14.5 Å². The zero-order valence-electron chi connectivity index (χ0n) is 14.8. The van der Waals surface area contributed by atoms with E-state index in [9.17, 15) is 9.59 Å². The summed E-state index contributed by atoms with van der Waals surface area (Å²) < 4.78 is 5.10. The Balaban J connectivity index is 1.49. The lowest BCUT2D eigenvalue weighted by Gasteiger charge is -2.35. The average Bonchev–Trinajstić information content (AvgIpc) is 3.01. The van der Waals surface area contributed by atoms with E-state index < -0.39 is 0 Å². The molecule has 7 heteroatoms. The van der Waals surface area contributed by atoms with Gasteiger partial charge in [-0.1, -0.05) is 0 Å². The minimum atomic E-state index is -0.208. The molecule has 1 unspecified atom stereocenters. The monoisotopic (exact) mass is 346 g/mol. The Morgan fingerprint density at radius 2 is 1.96 bits per heavy atom. The summed E-state index contributed by atoms with van der Waals surface area (Å²) in [6, 6.07) is 3.81. The lowest BCUT2D eigenvalue weighted by molar-refractivity contribution is -0.137. The number of piperazine rings is 1. The molecule has 2 fully saturated rings. The first-order chi connectivity index (χ1) is 12.2. The van der Waals surface area contributed by atoms with Gasteiger partial charge in [0.1, 0.15) is 0 Å². The molecule has 3 heterocycles. The quantitative estimate of drug-likeness (QED) is 0.737. The molecular formula is C18H26N4O3. The van der Waals surface area contributed by atoms with Crippen LogP contribution in [0.2, 0.25) is 0 Å². The lowest BCUT2D eigenvalue weighted by atomic mass is 10.1. The van der Waals surface area contributed by atoms with Crippen molar-refractivity contribution in [1.82, 2.24) is 19.7 Å². The molecule has 1 aromatic heterocycles. The highest BCUT2D eigenvalue weighted by Gasteiger charge is 2.37. The summed E-state index contributed by atoms with van der Waals surface area (Å²) in [5.41, 5.74) is 1.04. The predicted octanol–water partition coefficient (Wildman–Crippen LogP) is 0.221. The number of amides is 2. The molecule has 2 amide bonds. The Bertz CT molecular complexity index is 587.